The van der Waals surface area contributed by atoms with Crippen LogP contribution in [0.1, 0.15) is 32.8 Å². The van der Waals surface area contributed by atoms with Crippen molar-refractivity contribution in [2.45, 2.75) is 33.7 Å². The molecule has 2 N–H and O–H groups in total. The van der Waals surface area contributed by atoms with Gasteiger partial charge in [0, 0.05) is 17.1 Å². The first kappa shape index (κ1) is 13.3. The molecule has 0 radical (unpaired) electrons. The highest BCUT2D eigenvalue weighted by molar-refractivity contribution is 6.31. The van der Waals surface area contributed by atoms with Crippen LogP contribution in [0.3, 0.4) is 0 Å². The summed E-state index contributed by atoms with van der Waals surface area (Å²) in [5.41, 5.74) is 6.81. The van der Waals surface area contributed by atoms with Gasteiger partial charge in [-0.1, -0.05) is 38.4 Å². The van der Waals surface area contributed by atoms with Gasteiger partial charge in [0.15, 0.2) is 0 Å². The fourth-order valence-corrected chi connectivity index (χ4v) is 1.58. The van der Waals surface area contributed by atoms with Gasteiger partial charge >= 0.3 is 0 Å². The van der Waals surface area contributed by atoms with Crippen molar-refractivity contribution in [3.05, 3.63) is 28.8 Å². The molecular formula is C13H20ClNO. The molecule has 90 valence electrons. The molecule has 0 aliphatic carbocycles. The van der Waals surface area contributed by atoms with Crippen LogP contribution in [0, 0.1) is 5.41 Å². The van der Waals surface area contributed by atoms with Gasteiger partial charge in [0.25, 0.3) is 0 Å². The Balaban J connectivity index is 2.64. The standard InChI is InChI=1S/C13H20ClNO/c1-13(2,3)7-8-16-12-6-4-5-11(14)10(12)9-15/h4-6H,7-9,15H2,1-3H3. The molecule has 0 saturated heterocycles. The van der Waals surface area contributed by atoms with Crippen molar-refractivity contribution in [1.29, 1.82) is 0 Å². The molecule has 0 aromatic heterocycles. The minimum Gasteiger partial charge on any atom is -0.493 e. The van der Waals surface area contributed by atoms with Gasteiger partial charge in [0.2, 0.25) is 0 Å². The molecule has 0 bridgehead atoms. The summed E-state index contributed by atoms with van der Waals surface area (Å²) in [6.07, 6.45) is 1.00. The lowest BCUT2D eigenvalue weighted by Crippen LogP contribution is -2.12. The molecule has 0 heterocycles. The Morgan fingerprint density at radius 2 is 2.00 bits per heavy atom. The smallest absolute Gasteiger partial charge is 0.125 e. The first-order chi connectivity index (χ1) is 7.44. The second-order valence-electron chi connectivity index (χ2n) is 5.08. The Bertz CT molecular complexity index is 344. The third kappa shape index (κ3) is 4.03. The number of hydrogen-bond donors (Lipinski definition) is 1. The minimum atomic E-state index is 0.279. The Kier molecular flexibility index (Phi) is 4.63. The Morgan fingerprint density at radius 1 is 1.31 bits per heavy atom. The van der Waals surface area contributed by atoms with Crippen LogP contribution in [0.5, 0.6) is 5.75 Å². The van der Waals surface area contributed by atoms with E-state index in [4.69, 9.17) is 22.1 Å². The van der Waals surface area contributed by atoms with Crippen molar-refractivity contribution >= 4 is 11.6 Å². The summed E-state index contributed by atoms with van der Waals surface area (Å²) in [4.78, 5) is 0. The zero-order valence-corrected chi connectivity index (χ0v) is 11.0. The fourth-order valence-electron chi connectivity index (χ4n) is 1.34. The highest BCUT2D eigenvalue weighted by atomic mass is 35.5. The van der Waals surface area contributed by atoms with E-state index in [1.54, 1.807) is 0 Å². The maximum atomic E-state index is 6.04. The maximum Gasteiger partial charge on any atom is 0.125 e. The van der Waals surface area contributed by atoms with E-state index in [-0.39, 0.29) is 5.41 Å². The highest BCUT2D eigenvalue weighted by Gasteiger charge is 2.11. The summed E-state index contributed by atoms with van der Waals surface area (Å²) in [5, 5.41) is 0.677. The molecule has 0 aliphatic heterocycles. The predicted octanol–water partition coefficient (Wildman–Crippen LogP) is 3.61. The molecule has 0 atom stereocenters. The SMILES string of the molecule is CC(C)(C)CCOc1cccc(Cl)c1CN. The van der Waals surface area contributed by atoms with E-state index >= 15 is 0 Å². The van der Waals surface area contributed by atoms with Gasteiger partial charge in [-0.2, -0.15) is 0 Å². The highest BCUT2D eigenvalue weighted by Crippen LogP contribution is 2.27. The molecule has 0 unspecified atom stereocenters. The number of benzene rings is 1. The van der Waals surface area contributed by atoms with E-state index in [1.807, 2.05) is 18.2 Å². The third-order valence-electron chi connectivity index (χ3n) is 2.39. The summed E-state index contributed by atoms with van der Waals surface area (Å²) in [7, 11) is 0. The van der Waals surface area contributed by atoms with E-state index in [0.29, 0.717) is 18.2 Å². The van der Waals surface area contributed by atoms with E-state index < -0.39 is 0 Å². The zero-order chi connectivity index (χ0) is 12.2. The van der Waals surface area contributed by atoms with Gasteiger partial charge in [-0.25, -0.2) is 0 Å². The summed E-state index contributed by atoms with van der Waals surface area (Å²) in [6.45, 7) is 7.68. The lowest BCUT2D eigenvalue weighted by atomic mass is 9.93. The normalized spacial score (nSPS) is 11.6. The lowest BCUT2D eigenvalue weighted by molar-refractivity contribution is 0.241. The molecule has 0 aliphatic rings. The van der Waals surface area contributed by atoms with Gasteiger partial charge in [-0.15, -0.1) is 0 Å². The molecule has 1 aromatic carbocycles. The molecule has 0 amide bonds. The topological polar surface area (TPSA) is 35.2 Å². The van der Waals surface area contributed by atoms with Crippen LogP contribution in [0.25, 0.3) is 0 Å². The van der Waals surface area contributed by atoms with Gasteiger partial charge in [0.05, 0.1) is 6.61 Å². The second-order valence-corrected chi connectivity index (χ2v) is 5.49. The molecule has 2 nitrogen and oxygen atoms in total. The number of halogens is 1. The van der Waals surface area contributed by atoms with Crippen molar-refractivity contribution < 1.29 is 4.74 Å². The van der Waals surface area contributed by atoms with Crippen molar-refractivity contribution in [1.82, 2.24) is 0 Å². The number of rotatable bonds is 4. The van der Waals surface area contributed by atoms with E-state index in [1.165, 1.54) is 0 Å². The molecule has 1 rings (SSSR count). The minimum absolute atomic E-state index is 0.279. The van der Waals surface area contributed by atoms with Crippen molar-refractivity contribution in [3.8, 4) is 5.75 Å². The molecule has 16 heavy (non-hydrogen) atoms. The largest absolute Gasteiger partial charge is 0.493 e. The lowest BCUT2D eigenvalue weighted by Gasteiger charge is -2.19. The van der Waals surface area contributed by atoms with Crippen LogP contribution in [-0.4, -0.2) is 6.61 Å². The average molecular weight is 242 g/mol. The first-order valence-electron chi connectivity index (χ1n) is 5.54. The van der Waals surface area contributed by atoms with Crippen LogP contribution in [0.2, 0.25) is 5.02 Å². The molecule has 3 heteroatoms. The van der Waals surface area contributed by atoms with Gasteiger partial charge in [-0.3, -0.25) is 0 Å². The Labute approximate surface area is 103 Å². The van der Waals surface area contributed by atoms with Crippen molar-refractivity contribution in [2.75, 3.05) is 6.61 Å². The summed E-state index contributed by atoms with van der Waals surface area (Å²) in [5.74, 6) is 0.805. The van der Waals surface area contributed by atoms with E-state index in [2.05, 4.69) is 20.8 Å². The van der Waals surface area contributed by atoms with Gasteiger partial charge < -0.3 is 10.5 Å². The van der Waals surface area contributed by atoms with Crippen LogP contribution in [0.4, 0.5) is 0 Å². The van der Waals surface area contributed by atoms with Crippen LogP contribution < -0.4 is 10.5 Å². The Morgan fingerprint density at radius 3 is 2.56 bits per heavy atom. The van der Waals surface area contributed by atoms with Crippen LogP contribution in [-0.2, 0) is 6.54 Å². The van der Waals surface area contributed by atoms with Crippen LogP contribution >= 0.6 is 11.6 Å². The second kappa shape index (κ2) is 5.55. The van der Waals surface area contributed by atoms with E-state index in [9.17, 15) is 0 Å². The number of nitrogens with two attached hydrogens (primary N) is 1. The summed E-state index contributed by atoms with van der Waals surface area (Å²) in [6, 6.07) is 5.63. The first-order valence-corrected chi connectivity index (χ1v) is 5.92. The predicted molar refractivity (Wildman–Crippen MR) is 68.9 cm³/mol. The zero-order valence-electron chi connectivity index (χ0n) is 10.2. The summed E-state index contributed by atoms with van der Waals surface area (Å²) < 4.78 is 5.72. The van der Waals surface area contributed by atoms with Crippen molar-refractivity contribution in [3.63, 3.8) is 0 Å². The number of ether oxygens (including phenoxy) is 1. The third-order valence-corrected chi connectivity index (χ3v) is 2.74. The van der Waals surface area contributed by atoms with Crippen molar-refractivity contribution in [2.24, 2.45) is 11.1 Å². The molecule has 0 fully saturated rings. The molecule has 0 saturated carbocycles. The fraction of sp³-hybridized carbons (Fsp3) is 0.538. The molecule has 0 spiro atoms. The van der Waals surface area contributed by atoms with Gasteiger partial charge in [-0.05, 0) is 24.0 Å². The maximum absolute atomic E-state index is 6.04. The number of hydrogen-bond acceptors (Lipinski definition) is 2. The average Bonchev–Trinajstić information content (AvgIpc) is 2.16. The quantitative estimate of drug-likeness (QED) is 0.874. The van der Waals surface area contributed by atoms with E-state index in [0.717, 1.165) is 17.7 Å². The monoisotopic (exact) mass is 241 g/mol. The molecular weight excluding hydrogens is 222 g/mol. The summed E-state index contributed by atoms with van der Waals surface area (Å²) >= 11 is 6.04. The Hall–Kier alpha value is -0.730. The molecule has 1 aromatic rings. The van der Waals surface area contributed by atoms with Gasteiger partial charge in [0.1, 0.15) is 5.75 Å². The van der Waals surface area contributed by atoms with Crippen LogP contribution in [0.15, 0.2) is 18.2 Å².